The lowest BCUT2D eigenvalue weighted by Gasteiger charge is -2.38. The van der Waals surface area contributed by atoms with Crippen LogP contribution < -0.4 is 11.5 Å². The van der Waals surface area contributed by atoms with E-state index < -0.39 is 23.0 Å². The quantitative estimate of drug-likeness (QED) is 0.467. The highest BCUT2D eigenvalue weighted by molar-refractivity contribution is 6.05. The Morgan fingerprint density at radius 2 is 1.55 bits per heavy atom. The zero-order valence-electron chi connectivity index (χ0n) is 10.5. The Labute approximate surface area is 115 Å². The lowest BCUT2D eigenvalue weighted by atomic mass is 9.70. The number of carboxylic acids is 2. The molecule has 1 aromatic carbocycles. The van der Waals surface area contributed by atoms with Gasteiger partial charge in [0.15, 0.2) is 0 Å². The molecule has 20 heavy (non-hydrogen) atoms. The van der Waals surface area contributed by atoms with Gasteiger partial charge in [0.05, 0.1) is 0 Å². The van der Waals surface area contributed by atoms with Gasteiger partial charge in [-0.1, -0.05) is 36.4 Å². The van der Waals surface area contributed by atoms with Crippen LogP contribution in [0.2, 0.25) is 0 Å². The van der Waals surface area contributed by atoms with Crippen molar-refractivity contribution in [2.75, 3.05) is 0 Å². The zero-order chi connectivity index (χ0) is 15.0. The average Bonchev–Trinajstić information content (AvgIpc) is 2.38. The molecule has 6 N–H and O–H groups in total. The second kappa shape index (κ2) is 4.59. The summed E-state index contributed by atoms with van der Waals surface area (Å²) in [5.74, 6) is -3.21. The normalized spacial score (nSPS) is 19.2. The highest BCUT2D eigenvalue weighted by Crippen LogP contribution is 2.38. The van der Waals surface area contributed by atoms with Crippen LogP contribution in [0.25, 0.3) is 5.57 Å². The minimum atomic E-state index is -2.41. The van der Waals surface area contributed by atoms with Gasteiger partial charge in [0, 0.05) is 0 Å². The maximum atomic E-state index is 11.5. The van der Waals surface area contributed by atoms with E-state index in [9.17, 15) is 19.8 Å². The molecule has 1 aliphatic carbocycles. The van der Waals surface area contributed by atoms with E-state index in [-0.39, 0.29) is 0 Å². The lowest BCUT2D eigenvalue weighted by Crippen LogP contribution is -2.67. The number of allylic oxidation sites excluding steroid dienone is 2. The first-order valence-electron chi connectivity index (χ1n) is 5.83. The minimum absolute atomic E-state index is 0.446. The van der Waals surface area contributed by atoms with E-state index in [2.05, 4.69) is 0 Å². The Bertz CT molecular complexity index is 603. The van der Waals surface area contributed by atoms with E-state index in [4.69, 9.17) is 11.5 Å². The van der Waals surface area contributed by atoms with Crippen LogP contribution >= 0.6 is 0 Å². The summed E-state index contributed by atoms with van der Waals surface area (Å²) in [6, 6.07) is 8.81. The molecule has 0 saturated heterocycles. The van der Waals surface area contributed by atoms with Crippen LogP contribution in [-0.2, 0) is 9.59 Å². The fraction of sp³-hybridized carbons (Fsp3) is 0.143. The molecule has 0 saturated carbocycles. The third-order valence-electron chi connectivity index (χ3n) is 3.38. The van der Waals surface area contributed by atoms with Crippen molar-refractivity contribution in [1.82, 2.24) is 0 Å². The molecule has 6 nitrogen and oxygen atoms in total. The average molecular weight is 274 g/mol. The number of hydrogen-bond acceptors (Lipinski definition) is 4. The van der Waals surface area contributed by atoms with Crippen LogP contribution in [0.5, 0.6) is 0 Å². The van der Waals surface area contributed by atoms with Crippen LogP contribution in [0.3, 0.4) is 0 Å². The summed E-state index contributed by atoms with van der Waals surface area (Å²) in [6.07, 6.45) is 3.82. The predicted octanol–water partition coefficient (Wildman–Crippen LogP) is 0.409. The summed E-state index contributed by atoms with van der Waals surface area (Å²) in [4.78, 5) is 23.0. The van der Waals surface area contributed by atoms with Gasteiger partial charge in [0.1, 0.15) is 5.66 Å². The van der Waals surface area contributed by atoms with Gasteiger partial charge in [0.25, 0.3) is 0 Å². The number of rotatable bonds is 3. The van der Waals surface area contributed by atoms with Crippen LogP contribution in [-0.4, -0.2) is 27.8 Å². The predicted molar refractivity (Wildman–Crippen MR) is 72.4 cm³/mol. The summed E-state index contributed by atoms with van der Waals surface area (Å²) in [6.45, 7) is 0. The summed E-state index contributed by atoms with van der Waals surface area (Å²) in [7, 11) is 0. The second-order valence-corrected chi connectivity index (χ2v) is 4.65. The Morgan fingerprint density at radius 1 is 1.00 bits per heavy atom. The molecular formula is C14H14N2O4. The van der Waals surface area contributed by atoms with Gasteiger partial charge in [0.2, 0.25) is 5.41 Å². The molecule has 0 atom stereocenters. The fourth-order valence-corrected chi connectivity index (χ4v) is 2.16. The maximum absolute atomic E-state index is 11.5. The Balaban J connectivity index is 2.65. The molecule has 1 aromatic rings. The van der Waals surface area contributed by atoms with Gasteiger partial charge >= 0.3 is 11.9 Å². The highest BCUT2D eigenvalue weighted by atomic mass is 16.4. The number of hydrogen-bond donors (Lipinski definition) is 4. The minimum Gasteiger partial charge on any atom is -0.480 e. The topological polar surface area (TPSA) is 127 Å². The van der Waals surface area contributed by atoms with E-state index in [1.165, 1.54) is 12.2 Å². The molecule has 1 aliphatic rings. The van der Waals surface area contributed by atoms with Crippen LogP contribution in [0.1, 0.15) is 5.56 Å². The highest BCUT2D eigenvalue weighted by Gasteiger charge is 2.58. The third kappa shape index (κ3) is 1.91. The first-order chi connectivity index (χ1) is 9.31. The summed E-state index contributed by atoms with van der Waals surface area (Å²) >= 11 is 0. The van der Waals surface area contributed by atoms with Crippen molar-refractivity contribution in [2.45, 2.75) is 5.66 Å². The standard InChI is InChI=1S/C14H14N2O4/c15-14(16)7-6-10(9-4-2-1-3-5-9)8-13(14,11(17)18)12(19)20/h1-8H,15-16H2,(H,17,18)(H,19,20). The van der Waals surface area contributed by atoms with Crippen molar-refractivity contribution in [3.05, 3.63) is 54.1 Å². The van der Waals surface area contributed by atoms with Crippen LogP contribution in [0.4, 0.5) is 0 Å². The molecule has 104 valence electrons. The monoisotopic (exact) mass is 274 g/mol. The van der Waals surface area contributed by atoms with E-state index in [0.29, 0.717) is 11.1 Å². The Morgan fingerprint density at radius 3 is 2.05 bits per heavy atom. The van der Waals surface area contributed by atoms with E-state index in [1.54, 1.807) is 30.3 Å². The van der Waals surface area contributed by atoms with E-state index >= 15 is 0 Å². The maximum Gasteiger partial charge on any atom is 0.328 e. The van der Waals surface area contributed by atoms with Crippen molar-refractivity contribution in [3.63, 3.8) is 0 Å². The van der Waals surface area contributed by atoms with Crippen LogP contribution in [0, 0.1) is 5.41 Å². The van der Waals surface area contributed by atoms with Gasteiger partial charge in [-0.3, -0.25) is 9.59 Å². The molecule has 6 heteroatoms. The molecule has 0 amide bonds. The lowest BCUT2D eigenvalue weighted by molar-refractivity contribution is -0.164. The molecule has 0 aliphatic heterocycles. The third-order valence-corrected chi connectivity index (χ3v) is 3.38. The first-order valence-corrected chi connectivity index (χ1v) is 5.83. The largest absolute Gasteiger partial charge is 0.480 e. The molecule has 0 fully saturated rings. The molecule has 0 spiro atoms. The summed E-state index contributed by atoms with van der Waals surface area (Å²) < 4.78 is 0. The second-order valence-electron chi connectivity index (χ2n) is 4.65. The molecule has 2 rings (SSSR count). The van der Waals surface area contributed by atoms with Gasteiger partial charge in [-0.25, -0.2) is 0 Å². The van der Waals surface area contributed by atoms with Crippen molar-refractivity contribution in [3.8, 4) is 0 Å². The molecule has 0 radical (unpaired) electrons. The summed E-state index contributed by atoms with van der Waals surface area (Å²) in [5, 5.41) is 18.7. The molecule has 0 aromatic heterocycles. The molecule has 0 bridgehead atoms. The van der Waals surface area contributed by atoms with E-state index in [0.717, 1.165) is 6.08 Å². The number of nitrogens with two attached hydrogens (primary N) is 2. The van der Waals surface area contributed by atoms with Crippen molar-refractivity contribution in [2.24, 2.45) is 16.9 Å². The molecule has 0 heterocycles. The number of aliphatic carboxylic acids is 2. The molecule has 0 unspecified atom stereocenters. The van der Waals surface area contributed by atoms with Crippen molar-refractivity contribution < 1.29 is 19.8 Å². The summed E-state index contributed by atoms with van der Waals surface area (Å²) in [5.41, 5.74) is 8.08. The zero-order valence-corrected chi connectivity index (χ0v) is 10.5. The van der Waals surface area contributed by atoms with Gasteiger partial charge in [-0.05, 0) is 23.3 Å². The number of carbonyl (C=O) groups is 2. The van der Waals surface area contributed by atoms with Crippen LogP contribution in [0.15, 0.2) is 48.6 Å². The van der Waals surface area contributed by atoms with Gasteiger partial charge in [-0.2, -0.15) is 0 Å². The molecular weight excluding hydrogens is 260 g/mol. The Kier molecular flexibility index (Phi) is 3.21. The fourth-order valence-electron chi connectivity index (χ4n) is 2.16. The number of benzene rings is 1. The Hall–Kier alpha value is -2.44. The van der Waals surface area contributed by atoms with Crippen molar-refractivity contribution >= 4 is 17.5 Å². The first kappa shape index (κ1) is 14.0. The van der Waals surface area contributed by atoms with Crippen molar-refractivity contribution in [1.29, 1.82) is 0 Å². The smallest absolute Gasteiger partial charge is 0.328 e. The van der Waals surface area contributed by atoms with Gasteiger partial charge in [-0.15, -0.1) is 0 Å². The van der Waals surface area contributed by atoms with Gasteiger partial charge < -0.3 is 21.7 Å². The number of carboxylic acid groups (broad SMARTS) is 2. The SMILES string of the molecule is NC1(N)C=CC(c2ccccc2)=CC1(C(=O)O)C(=O)O. The van der Waals surface area contributed by atoms with E-state index in [1.807, 2.05) is 0 Å².